The van der Waals surface area contributed by atoms with Crippen LogP contribution >= 0.6 is 0 Å². The molecule has 2 aromatic heterocycles. The lowest BCUT2D eigenvalue weighted by Gasteiger charge is -2.33. The van der Waals surface area contributed by atoms with E-state index in [4.69, 9.17) is 9.52 Å². The lowest BCUT2D eigenvalue weighted by atomic mass is 10.1. The Balaban J connectivity index is 1.78. The first-order valence-corrected chi connectivity index (χ1v) is 8.87. The topological polar surface area (TPSA) is 95.2 Å². The number of amidine groups is 1. The van der Waals surface area contributed by atoms with E-state index < -0.39 is 12.1 Å². The zero-order valence-corrected chi connectivity index (χ0v) is 15.5. The molecule has 0 spiro atoms. The number of aliphatic hydroxyl groups is 1. The third-order valence-electron chi connectivity index (χ3n) is 5.26. The van der Waals surface area contributed by atoms with Crippen molar-refractivity contribution in [2.75, 3.05) is 20.2 Å². The van der Waals surface area contributed by atoms with Gasteiger partial charge in [0.1, 0.15) is 23.7 Å². The first-order valence-electron chi connectivity index (χ1n) is 8.87. The molecule has 9 heteroatoms. The van der Waals surface area contributed by atoms with Crippen LogP contribution in [0.5, 0.6) is 0 Å². The summed E-state index contributed by atoms with van der Waals surface area (Å²) < 4.78 is 9.33. The van der Waals surface area contributed by atoms with E-state index in [-0.39, 0.29) is 19.1 Å². The Morgan fingerprint density at radius 2 is 2.11 bits per heavy atom. The van der Waals surface area contributed by atoms with Crippen LogP contribution in [0.2, 0.25) is 0 Å². The van der Waals surface area contributed by atoms with E-state index in [1.807, 2.05) is 35.1 Å². The van der Waals surface area contributed by atoms with Gasteiger partial charge >= 0.3 is 12.0 Å². The molecule has 1 unspecified atom stereocenters. The lowest BCUT2D eigenvalue weighted by molar-refractivity contribution is -0.682. The van der Waals surface area contributed by atoms with E-state index in [0.717, 1.165) is 17.1 Å². The molecule has 0 bridgehead atoms. The molecule has 2 aromatic rings. The normalized spacial score (nSPS) is 18.8. The molecular formula is C18H22N5O4+. The second-order valence-electron chi connectivity index (χ2n) is 6.79. The standard InChI is InChI=1S/C18H22N5O4/c1-11-12(2)23-14-15(19-17(23)22(11)10-13-6-4-9-27-13)20(3)18(26)21(16(14)25)7-5-8-24/h4,6,9,14,24H,5,7-8,10H2,1-3H3/q+1. The van der Waals surface area contributed by atoms with Gasteiger partial charge in [-0.1, -0.05) is 4.99 Å². The van der Waals surface area contributed by atoms with Gasteiger partial charge in [-0.25, -0.2) is 13.9 Å². The van der Waals surface area contributed by atoms with Gasteiger partial charge in [-0.2, -0.15) is 0 Å². The molecule has 2 aliphatic heterocycles. The van der Waals surface area contributed by atoms with Crippen LogP contribution in [0.3, 0.4) is 0 Å². The number of aliphatic imine (C=N–C) groups is 1. The number of imide groups is 1. The fraction of sp³-hybridized carbons (Fsp3) is 0.444. The van der Waals surface area contributed by atoms with Crippen molar-refractivity contribution in [2.45, 2.75) is 32.9 Å². The summed E-state index contributed by atoms with van der Waals surface area (Å²) in [6.07, 6.45) is 1.97. The van der Waals surface area contributed by atoms with Gasteiger partial charge in [0, 0.05) is 20.2 Å². The number of fused-ring (bicyclic) bond motifs is 3. The van der Waals surface area contributed by atoms with E-state index in [1.54, 1.807) is 13.3 Å². The maximum atomic E-state index is 13.1. The Kier molecular flexibility index (Phi) is 4.11. The van der Waals surface area contributed by atoms with E-state index in [9.17, 15) is 9.59 Å². The number of rotatable bonds is 5. The summed E-state index contributed by atoms with van der Waals surface area (Å²) >= 11 is 0. The Hall–Kier alpha value is -2.94. The molecule has 27 heavy (non-hydrogen) atoms. The molecule has 9 nitrogen and oxygen atoms in total. The molecule has 0 aromatic carbocycles. The van der Waals surface area contributed by atoms with Crippen molar-refractivity contribution in [3.8, 4) is 0 Å². The van der Waals surface area contributed by atoms with Gasteiger partial charge in [0.2, 0.25) is 11.9 Å². The summed E-state index contributed by atoms with van der Waals surface area (Å²) in [7, 11) is 1.62. The third-order valence-corrected chi connectivity index (χ3v) is 5.26. The molecule has 0 saturated carbocycles. The van der Waals surface area contributed by atoms with Crippen molar-refractivity contribution >= 4 is 23.7 Å². The molecule has 3 amide bonds. The molecule has 1 fully saturated rings. The van der Waals surface area contributed by atoms with Gasteiger partial charge in [0.15, 0.2) is 0 Å². The zero-order chi connectivity index (χ0) is 19.3. The van der Waals surface area contributed by atoms with Gasteiger partial charge < -0.3 is 9.52 Å². The molecule has 0 aliphatic carbocycles. The Morgan fingerprint density at radius 1 is 1.33 bits per heavy atom. The number of hydrogen-bond donors (Lipinski definition) is 1. The highest BCUT2D eigenvalue weighted by molar-refractivity contribution is 6.20. The average molecular weight is 372 g/mol. The fourth-order valence-corrected chi connectivity index (χ4v) is 3.68. The summed E-state index contributed by atoms with van der Waals surface area (Å²) in [6.45, 7) is 4.51. The van der Waals surface area contributed by atoms with Gasteiger partial charge in [-0.15, -0.1) is 0 Å². The largest absolute Gasteiger partial charge is 0.466 e. The summed E-state index contributed by atoms with van der Waals surface area (Å²) in [4.78, 5) is 32.9. The van der Waals surface area contributed by atoms with Crippen LogP contribution in [-0.4, -0.2) is 57.4 Å². The minimum absolute atomic E-state index is 0.0809. The zero-order valence-electron chi connectivity index (χ0n) is 15.5. The SMILES string of the molecule is Cc1c(C)[n+](Cc2ccco2)c2n1C1C(=O)N(CCCO)C(=O)N(C)C1=N2. The van der Waals surface area contributed by atoms with Crippen LogP contribution in [0.15, 0.2) is 27.8 Å². The molecule has 1 atom stereocenters. The number of aromatic nitrogens is 2. The van der Waals surface area contributed by atoms with E-state index >= 15 is 0 Å². The molecular weight excluding hydrogens is 350 g/mol. The molecule has 142 valence electrons. The van der Waals surface area contributed by atoms with Crippen molar-refractivity contribution in [3.05, 3.63) is 35.5 Å². The Labute approximate surface area is 156 Å². The van der Waals surface area contributed by atoms with Crippen LogP contribution < -0.4 is 4.57 Å². The summed E-state index contributed by atoms with van der Waals surface area (Å²) in [5.41, 5.74) is 1.90. The first kappa shape index (κ1) is 17.5. The highest BCUT2D eigenvalue weighted by Gasteiger charge is 2.53. The van der Waals surface area contributed by atoms with Crippen molar-refractivity contribution in [2.24, 2.45) is 4.99 Å². The summed E-state index contributed by atoms with van der Waals surface area (Å²) in [5, 5.41) is 9.08. The lowest BCUT2D eigenvalue weighted by Crippen LogP contribution is -2.57. The van der Waals surface area contributed by atoms with Crippen LogP contribution in [-0.2, 0) is 11.3 Å². The number of hydrogen-bond acceptors (Lipinski definition) is 5. The third kappa shape index (κ3) is 2.49. The van der Waals surface area contributed by atoms with Crippen LogP contribution in [0.1, 0.15) is 29.6 Å². The number of nitrogens with zero attached hydrogens (tertiary/aromatic N) is 5. The summed E-state index contributed by atoms with van der Waals surface area (Å²) in [6, 6.07) is 2.63. The molecule has 4 rings (SSSR count). The number of aliphatic hydroxyl groups excluding tert-OH is 1. The van der Waals surface area contributed by atoms with Gasteiger partial charge in [-0.05, 0) is 32.4 Å². The number of imidazole rings is 1. The fourth-order valence-electron chi connectivity index (χ4n) is 3.68. The maximum Gasteiger partial charge on any atom is 0.402 e. The quantitative estimate of drug-likeness (QED) is 0.789. The predicted octanol–water partition coefficient (Wildman–Crippen LogP) is 0.895. The number of carbonyl (C=O) groups excluding carboxylic acids is 2. The van der Waals surface area contributed by atoms with Crippen LogP contribution in [0.25, 0.3) is 0 Å². The van der Waals surface area contributed by atoms with E-state index in [2.05, 4.69) is 4.99 Å². The first-order chi connectivity index (χ1) is 13.0. The molecule has 1 saturated heterocycles. The van der Waals surface area contributed by atoms with Crippen molar-refractivity contribution < 1.29 is 23.7 Å². The number of likely N-dealkylation sites (N-methyl/N-ethyl adjacent to an activating group) is 1. The van der Waals surface area contributed by atoms with E-state index in [0.29, 0.717) is 24.7 Å². The van der Waals surface area contributed by atoms with Crippen LogP contribution in [0, 0.1) is 13.8 Å². The molecule has 2 aliphatic rings. The molecule has 4 heterocycles. The van der Waals surface area contributed by atoms with Gasteiger partial charge in [0.25, 0.3) is 5.91 Å². The number of amides is 3. The summed E-state index contributed by atoms with van der Waals surface area (Å²) in [5.74, 6) is 1.52. The smallest absolute Gasteiger partial charge is 0.402 e. The van der Waals surface area contributed by atoms with Gasteiger partial charge in [-0.3, -0.25) is 14.6 Å². The minimum Gasteiger partial charge on any atom is -0.466 e. The molecule has 1 N–H and O–H groups in total. The monoisotopic (exact) mass is 372 g/mol. The van der Waals surface area contributed by atoms with E-state index in [1.165, 1.54) is 9.80 Å². The number of furan rings is 1. The maximum absolute atomic E-state index is 13.1. The number of urea groups is 1. The second-order valence-corrected chi connectivity index (χ2v) is 6.79. The average Bonchev–Trinajstić information content (AvgIpc) is 3.35. The van der Waals surface area contributed by atoms with Gasteiger partial charge in [0.05, 0.1) is 6.26 Å². The highest BCUT2D eigenvalue weighted by atomic mass is 16.3. The van der Waals surface area contributed by atoms with Crippen molar-refractivity contribution in [3.63, 3.8) is 0 Å². The van der Waals surface area contributed by atoms with Crippen molar-refractivity contribution in [1.29, 1.82) is 0 Å². The minimum atomic E-state index is -0.669. The number of carbonyl (C=O) groups is 2. The van der Waals surface area contributed by atoms with Crippen molar-refractivity contribution in [1.82, 2.24) is 14.4 Å². The second kappa shape index (κ2) is 6.34. The predicted molar refractivity (Wildman–Crippen MR) is 94.6 cm³/mol. The Morgan fingerprint density at radius 3 is 2.78 bits per heavy atom. The van der Waals surface area contributed by atoms with Crippen LogP contribution in [0.4, 0.5) is 10.7 Å². The highest BCUT2D eigenvalue weighted by Crippen LogP contribution is 2.35. The Bertz CT molecular complexity index is 944. The molecule has 0 radical (unpaired) electrons.